The van der Waals surface area contributed by atoms with Gasteiger partial charge in [-0.2, -0.15) is 5.10 Å². The van der Waals surface area contributed by atoms with E-state index in [1.807, 2.05) is 19.1 Å². The Balaban J connectivity index is 1.68. The maximum absolute atomic E-state index is 13.4. The van der Waals surface area contributed by atoms with Crippen LogP contribution in [0.25, 0.3) is 11.1 Å². The molecule has 4 rings (SSSR count). The summed E-state index contributed by atoms with van der Waals surface area (Å²) in [6.45, 7) is 1.85. The molecule has 1 N–H and O–H groups in total. The van der Waals surface area contributed by atoms with Crippen molar-refractivity contribution in [2.75, 3.05) is 12.4 Å². The zero-order valence-electron chi connectivity index (χ0n) is 18.5. The van der Waals surface area contributed by atoms with Crippen molar-refractivity contribution in [3.63, 3.8) is 0 Å². The van der Waals surface area contributed by atoms with Crippen LogP contribution in [-0.4, -0.2) is 33.5 Å². The number of nitrogens with zero attached hydrogens (tertiary/aromatic N) is 3. The fourth-order valence-corrected chi connectivity index (χ4v) is 3.85. The minimum Gasteiger partial charge on any atom is -0.322 e. The summed E-state index contributed by atoms with van der Waals surface area (Å²) < 4.78 is 14.7. The molecule has 8 heteroatoms. The Morgan fingerprint density at radius 2 is 1.82 bits per heavy atom. The highest BCUT2D eigenvalue weighted by Crippen LogP contribution is 2.34. The second-order valence-electron chi connectivity index (χ2n) is 8.05. The molecule has 0 bridgehead atoms. The van der Waals surface area contributed by atoms with Crippen molar-refractivity contribution < 1.29 is 14.0 Å². The van der Waals surface area contributed by atoms with Crippen LogP contribution in [0.3, 0.4) is 0 Å². The molecule has 7 nitrogen and oxygen atoms in total. The van der Waals surface area contributed by atoms with E-state index in [4.69, 9.17) is 0 Å². The Kier molecular flexibility index (Phi) is 5.91. The zero-order chi connectivity index (χ0) is 23.7. The Morgan fingerprint density at radius 1 is 1.09 bits per heavy atom. The van der Waals surface area contributed by atoms with Crippen molar-refractivity contribution in [2.24, 2.45) is 7.05 Å². The molecule has 1 atom stereocenters. The number of amides is 2. The smallest absolute Gasteiger partial charge is 0.274 e. The molecule has 0 radical (unpaired) electrons. The molecule has 0 spiro atoms. The van der Waals surface area contributed by atoms with Crippen molar-refractivity contribution in [3.05, 3.63) is 93.8 Å². The fraction of sp³-hybridized carbons (Fsp3) is 0.200. The van der Waals surface area contributed by atoms with E-state index in [1.54, 1.807) is 44.6 Å². The van der Waals surface area contributed by atoms with Gasteiger partial charge in [-0.1, -0.05) is 24.3 Å². The molecule has 2 heterocycles. The lowest BCUT2D eigenvalue weighted by Gasteiger charge is -2.28. The fourth-order valence-electron chi connectivity index (χ4n) is 3.85. The summed E-state index contributed by atoms with van der Waals surface area (Å²) in [5.74, 6) is -1.38. The highest BCUT2D eigenvalue weighted by atomic mass is 19.1. The van der Waals surface area contributed by atoms with E-state index in [-0.39, 0.29) is 29.6 Å². The van der Waals surface area contributed by atoms with Gasteiger partial charge in [0.1, 0.15) is 5.82 Å². The molecule has 1 unspecified atom stereocenters. The van der Waals surface area contributed by atoms with Crippen LogP contribution in [0.15, 0.2) is 71.3 Å². The monoisotopic (exact) mass is 446 g/mol. The number of aromatic nitrogens is 2. The average Bonchev–Trinajstić information content (AvgIpc) is 2.79. The molecule has 2 amide bonds. The van der Waals surface area contributed by atoms with Gasteiger partial charge in [0.25, 0.3) is 11.5 Å². The van der Waals surface area contributed by atoms with Crippen LogP contribution < -0.4 is 10.9 Å². The number of hydrogen-bond donors (Lipinski definition) is 1. The summed E-state index contributed by atoms with van der Waals surface area (Å²) in [5, 5.41) is 6.87. The molecule has 0 saturated carbocycles. The first-order valence-electron chi connectivity index (χ1n) is 10.4. The first kappa shape index (κ1) is 22.1. The summed E-state index contributed by atoms with van der Waals surface area (Å²) in [4.78, 5) is 39.5. The molecular formula is C25H23FN4O3. The summed E-state index contributed by atoms with van der Waals surface area (Å²) in [6, 6.07) is 12.8. The largest absolute Gasteiger partial charge is 0.322 e. The van der Waals surface area contributed by atoms with Gasteiger partial charge in [0.2, 0.25) is 5.91 Å². The zero-order valence-corrected chi connectivity index (χ0v) is 18.5. The summed E-state index contributed by atoms with van der Waals surface area (Å²) in [6.07, 6.45) is 3.17. The van der Waals surface area contributed by atoms with E-state index in [1.165, 1.54) is 27.9 Å². The van der Waals surface area contributed by atoms with E-state index in [0.717, 1.165) is 5.56 Å². The van der Waals surface area contributed by atoms with Gasteiger partial charge in [0.05, 0.1) is 5.56 Å². The second kappa shape index (κ2) is 8.82. The Labute approximate surface area is 190 Å². The minimum atomic E-state index is -0.495. The molecule has 0 fully saturated rings. The number of carbonyl (C=O) groups excluding carboxylic acids is 2. The van der Waals surface area contributed by atoms with Gasteiger partial charge in [-0.25, -0.2) is 9.07 Å². The normalized spacial score (nSPS) is 15.9. The van der Waals surface area contributed by atoms with Crippen LogP contribution in [0, 0.1) is 12.7 Å². The molecule has 33 heavy (non-hydrogen) atoms. The Morgan fingerprint density at radius 3 is 2.55 bits per heavy atom. The lowest BCUT2D eigenvalue weighted by Crippen LogP contribution is -2.33. The second-order valence-corrected chi connectivity index (χ2v) is 8.05. The van der Waals surface area contributed by atoms with Crippen molar-refractivity contribution >= 4 is 17.5 Å². The quantitative estimate of drug-likeness (QED) is 0.666. The van der Waals surface area contributed by atoms with Gasteiger partial charge in [-0.15, -0.1) is 0 Å². The van der Waals surface area contributed by atoms with Gasteiger partial charge >= 0.3 is 0 Å². The average molecular weight is 446 g/mol. The number of hydrogen-bond acceptors (Lipinski definition) is 4. The number of aryl methyl sites for hydroxylation is 2. The Hall–Kier alpha value is -4.07. The van der Waals surface area contributed by atoms with Crippen molar-refractivity contribution in [2.45, 2.75) is 19.3 Å². The van der Waals surface area contributed by atoms with Crippen LogP contribution in [0.4, 0.5) is 10.1 Å². The first-order chi connectivity index (χ1) is 15.7. The van der Waals surface area contributed by atoms with E-state index in [9.17, 15) is 18.8 Å². The van der Waals surface area contributed by atoms with Gasteiger partial charge in [-0.05, 0) is 47.9 Å². The van der Waals surface area contributed by atoms with E-state index >= 15 is 0 Å². The number of nitrogens with one attached hydrogen (secondary N) is 1. The SMILES string of the molecule is Cc1ccc(-c2ccnn(C)c2=O)cc1NC(=O)C1=CN(C)C(=O)CC1c1ccc(F)cc1. The predicted molar refractivity (Wildman–Crippen MR) is 123 cm³/mol. The lowest BCUT2D eigenvalue weighted by atomic mass is 9.85. The van der Waals surface area contributed by atoms with E-state index in [0.29, 0.717) is 28.0 Å². The molecule has 168 valence electrons. The van der Waals surface area contributed by atoms with Crippen LogP contribution in [-0.2, 0) is 16.6 Å². The number of halogens is 1. The van der Waals surface area contributed by atoms with Gasteiger partial charge < -0.3 is 10.2 Å². The number of carbonyl (C=O) groups is 2. The van der Waals surface area contributed by atoms with Gasteiger partial charge in [0, 0.05) is 50.1 Å². The third kappa shape index (κ3) is 4.45. The maximum atomic E-state index is 13.4. The highest BCUT2D eigenvalue weighted by molar-refractivity contribution is 6.07. The van der Waals surface area contributed by atoms with Gasteiger partial charge in [0.15, 0.2) is 0 Å². The van der Waals surface area contributed by atoms with Crippen molar-refractivity contribution in [1.29, 1.82) is 0 Å². The molecule has 1 aliphatic heterocycles. The highest BCUT2D eigenvalue weighted by Gasteiger charge is 2.31. The van der Waals surface area contributed by atoms with Crippen molar-refractivity contribution in [1.82, 2.24) is 14.7 Å². The van der Waals surface area contributed by atoms with Gasteiger partial charge in [-0.3, -0.25) is 14.4 Å². The third-order valence-electron chi connectivity index (χ3n) is 5.82. The molecular weight excluding hydrogens is 423 g/mol. The number of rotatable bonds is 4. The lowest BCUT2D eigenvalue weighted by molar-refractivity contribution is -0.128. The minimum absolute atomic E-state index is 0.105. The van der Waals surface area contributed by atoms with Crippen LogP contribution in [0.5, 0.6) is 0 Å². The summed E-state index contributed by atoms with van der Waals surface area (Å²) >= 11 is 0. The predicted octanol–water partition coefficient (Wildman–Crippen LogP) is 3.36. The van der Waals surface area contributed by atoms with Crippen molar-refractivity contribution in [3.8, 4) is 11.1 Å². The Bertz CT molecular complexity index is 1330. The summed E-state index contributed by atoms with van der Waals surface area (Å²) in [7, 11) is 3.17. The van der Waals surface area contributed by atoms with Crippen LogP contribution >= 0.6 is 0 Å². The number of anilines is 1. The molecule has 0 aliphatic carbocycles. The topological polar surface area (TPSA) is 84.3 Å². The molecule has 0 saturated heterocycles. The molecule has 3 aromatic rings. The molecule has 1 aromatic heterocycles. The van der Waals surface area contributed by atoms with E-state index in [2.05, 4.69) is 10.4 Å². The van der Waals surface area contributed by atoms with Crippen LogP contribution in [0.2, 0.25) is 0 Å². The van der Waals surface area contributed by atoms with E-state index < -0.39 is 5.92 Å². The molecule has 1 aliphatic rings. The molecule has 2 aromatic carbocycles. The summed E-state index contributed by atoms with van der Waals surface area (Å²) in [5.41, 5.74) is 3.32. The standard InChI is InChI=1S/C25H23FN4O3/c1-15-4-5-17(19-10-11-27-30(3)25(19)33)12-22(15)28-24(32)21-14-29(2)23(31)13-20(21)16-6-8-18(26)9-7-16/h4-12,14,20H,13H2,1-3H3,(H,28,32). The maximum Gasteiger partial charge on any atom is 0.274 e. The van der Waals surface area contributed by atoms with Crippen LogP contribution in [0.1, 0.15) is 23.5 Å². The first-order valence-corrected chi connectivity index (χ1v) is 10.4. The third-order valence-corrected chi connectivity index (χ3v) is 5.82. The number of benzene rings is 2.